The highest BCUT2D eigenvalue weighted by Crippen LogP contribution is 2.07. The van der Waals surface area contributed by atoms with Crippen LogP contribution in [0.2, 0.25) is 0 Å². The molecule has 0 aliphatic heterocycles. The van der Waals surface area contributed by atoms with Crippen LogP contribution < -0.4 is 8.43 Å². The molecule has 1 aromatic rings. The van der Waals surface area contributed by atoms with Crippen molar-refractivity contribution >= 4 is 32.0 Å². The van der Waals surface area contributed by atoms with E-state index in [4.69, 9.17) is 13.8 Å². The molecule has 74 valence electrons. The Kier molecular flexibility index (Phi) is 6.40. The van der Waals surface area contributed by atoms with Crippen molar-refractivity contribution < 1.29 is 4.74 Å². The summed E-state index contributed by atoms with van der Waals surface area (Å²) in [5.41, 5.74) is 0. The van der Waals surface area contributed by atoms with Crippen LogP contribution in [0.3, 0.4) is 0 Å². The molecule has 0 aliphatic rings. The average molecular weight is 223 g/mol. The third-order valence-corrected chi connectivity index (χ3v) is 3.86. The summed E-state index contributed by atoms with van der Waals surface area (Å²) in [4.78, 5) is 0. The number of ether oxygens (including phenoxy) is 1. The maximum Gasteiger partial charge on any atom is 0.543 e. The lowest BCUT2D eigenvalue weighted by Crippen LogP contribution is -2.13. The molecule has 0 aliphatic carbocycles. The van der Waals surface area contributed by atoms with Gasteiger partial charge in [-0.25, -0.2) is 0 Å². The molecule has 14 heavy (non-hydrogen) atoms. The van der Waals surface area contributed by atoms with E-state index in [9.17, 15) is 0 Å². The van der Waals surface area contributed by atoms with Gasteiger partial charge in [-0.05, 0) is 12.5 Å². The van der Waals surface area contributed by atoms with Crippen LogP contribution in [0.4, 0.5) is 0 Å². The second-order valence-corrected chi connectivity index (χ2v) is 5.13. The van der Waals surface area contributed by atoms with Crippen LogP contribution >= 0.6 is 9.07 Å². The molecule has 0 aromatic heterocycles. The summed E-state index contributed by atoms with van der Waals surface area (Å²) >= 11 is -0.630. The highest BCUT2D eigenvalue weighted by atomic mass is 35.5. The van der Waals surface area contributed by atoms with Crippen molar-refractivity contribution in [2.24, 2.45) is 0 Å². The van der Waals surface area contributed by atoms with E-state index in [1.54, 1.807) is 0 Å². The van der Waals surface area contributed by atoms with Gasteiger partial charge in [-0.3, -0.25) is 0 Å². The third kappa shape index (κ3) is 4.07. The smallest absolute Gasteiger partial charge is 0.496 e. The molecule has 0 N–H and O–H groups in total. The Bertz CT molecular complexity index is 265. The van der Waals surface area contributed by atoms with Gasteiger partial charge in [0, 0.05) is 0 Å². The van der Waals surface area contributed by atoms with Gasteiger partial charge >= 0.3 is 19.3 Å². The fourth-order valence-electron chi connectivity index (χ4n) is 1.29. The normalized spacial score (nSPS) is 9.57. The molecule has 0 spiro atoms. The molecular formula is C11H15ClMgO. The molecule has 1 aromatic carbocycles. The fourth-order valence-corrected chi connectivity index (χ4v) is 2.53. The number of halogens is 1. The quantitative estimate of drug-likeness (QED) is 0.532. The Labute approximate surface area is 99.3 Å². The molecular weight excluding hydrogens is 208 g/mol. The Hall–Kier alpha value is 0.0762. The summed E-state index contributed by atoms with van der Waals surface area (Å²) in [7, 11) is 5.93. The van der Waals surface area contributed by atoms with Crippen LogP contribution in [-0.2, 0) is 0 Å². The van der Waals surface area contributed by atoms with Crippen molar-refractivity contribution in [3.63, 3.8) is 0 Å². The molecule has 1 nitrogen and oxygen atoms in total. The minimum absolute atomic E-state index is 0.630. The minimum Gasteiger partial charge on any atom is -0.496 e. The van der Waals surface area contributed by atoms with Crippen molar-refractivity contribution in [3.05, 3.63) is 24.3 Å². The molecule has 0 fully saturated rings. The van der Waals surface area contributed by atoms with E-state index < -0.39 is 19.3 Å². The third-order valence-electron chi connectivity index (χ3n) is 2.12. The molecule has 0 atom stereocenters. The molecule has 3 heteroatoms. The Morgan fingerprint density at radius 2 is 2.07 bits per heavy atom. The van der Waals surface area contributed by atoms with Crippen LogP contribution in [0.25, 0.3) is 0 Å². The van der Waals surface area contributed by atoms with Crippen molar-refractivity contribution in [3.8, 4) is 5.75 Å². The monoisotopic (exact) mass is 222 g/mol. The summed E-state index contributed by atoms with van der Waals surface area (Å²) in [5, 5.41) is 0. The van der Waals surface area contributed by atoms with Crippen molar-refractivity contribution in [2.75, 3.05) is 6.61 Å². The maximum atomic E-state index is 5.93. The van der Waals surface area contributed by atoms with Gasteiger partial charge in [-0.15, -0.1) is 3.69 Å². The number of hydrogen-bond donors (Lipinski definition) is 0. The standard InChI is InChI=1S/C11H15O.ClH.Mg/c1-2-3-7-10-12-11-8-5-4-6-9-11;;/h4-6,8H,2-3,7,10H2,1H3;1H;/q;;+1/p-1. The minimum atomic E-state index is -0.630. The molecule has 0 bridgehead atoms. The number of unbranched alkanes of at least 4 members (excludes halogenated alkanes) is 2. The average Bonchev–Trinajstić information content (AvgIpc) is 2.25. The predicted octanol–water partition coefficient (Wildman–Crippen LogP) is 2.74. The summed E-state index contributed by atoms with van der Waals surface area (Å²) in [6, 6.07) is 8.09. The van der Waals surface area contributed by atoms with Crippen molar-refractivity contribution in [2.45, 2.75) is 26.2 Å². The lowest BCUT2D eigenvalue weighted by molar-refractivity contribution is 0.308. The lowest BCUT2D eigenvalue weighted by atomic mass is 10.3. The molecule has 0 radical (unpaired) electrons. The van der Waals surface area contributed by atoms with Crippen LogP contribution in [0, 0.1) is 0 Å². The molecule has 0 amide bonds. The molecule has 0 saturated heterocycles. The zero-order valence-electron chi connectivity index (χ0n) is 8.63. The van der Waals surface area contributed by atoms with Crippen LogP contribution in [0.5, 0.6) is 5.75 Å². The predicted molar refractivity (Wildman–Crippen MR) is 62.7 cm³/mol. The van der Waals surface area contributed by atoms with E-state index in [2.05, 4.69) is 13.0 Å². The fraction of sp³-hybridized carbons (Fsp3) is 0.455. The highest BCUT2D eigenvalue weighted by Gasteiger charge is 2.03. The maximum absolute atomic E-state index is 5.93. The zero-order chi connectivity index (χ0) is 10.2. The summed E-state index contributed by atoms with van der Waals surface area (Å²) < 4.78 is 6.89. The molecule has 0 heterocycles. The van der Waals surface area contributed by atoms with E-state index in [1.807, 2.05) is 18.2 Å². The highest BCUT2D eigenvalue weighted by molar-refractivity contribution is 7.01. The number of benzene rings is 1. The van der Waals surface area contributed by atoms with Gasteiger partial charge in [0.15, 0.2) is 0 Å². The van der Waals surface area contributed by atoms with Gasteiger partial charge < -0.3 is 13.8 Å². The van der Waals surface area contributed by atoms with Gasteiger partial charge in [0.25, 0.3) is 0 Å². The first-order valence-electron chi connectivity index (χ1n) is 5.15. The Morgan fingerprint density at radius 1 is 1.29 bits per heavy atom. The zero-order valence-corrected chi connectivity index (χ0v) is 10.8. The van der Waals surface area contributed by atoms with Gasteiger partial charge in [0.05, 0.1) is 12.4 Å². The Morgan fingerprint density at radius 3 is 2.79 bits per heavy atom. The summed E-state index contributed by atoms with van der Waals surface area (Å²) in [5.74, 6) is 0.991. The molecule has 0 unspecified atom stereocenters. The first-order valence-corrected chi connectivity index (χ1v) is 7.99. The first kappa shape index (κ1) is 12.1. The summed E-state index contributed by atoms with van der Waals surface area (Å²) in [6.07, 6.45) is 3.60. The second kappa shape index (κ2) is 7.38. The first-order chi connectivity index (χ1) is 6.88. The largest absolute Gasteiger partial charge is 0.543 e. The number of rotatable bonds is 6. The van der Waals surface area contributed by atoms with Crippen LogP contribution in [0.15, 0.2) is 24.3 Å². The van der Waals surface area contributed by atoms with E-state index in [1.165, 1.54) is 16.5 Å². The van der Waals surface area contributed by atoms with Gasteiger partial charge in [-0.2, -0.15) is 0 Å². The van der Waals surface area contributed by atoms with Crippen molar-refractivity contribution in [1.29, 1.82) is 0 Å². The lowest BCUT2D eigenvalue weighted by Gasteiger charge is -2.09. The molecule has 0 saturated carbocycles. The van der Waals surface area contributed by atoms with Gasteiger partial charge in [0.2, 0.25) is 0 Å². The van der Waals surface area contributed by atoms with Crippen LogP contribution in [0.1, 0.15) is 26.2 Å². The summed E-state index contributed by atoms with van der Waals surface area (Å²) in [6.45, 7) is 3.01. The number of hydrogen-bond acceptors (Lipinski definition) is 1. The SMILES string of the molecule is CCCCCOc1cccc[c]1[Mg][Cl]. The van der Waals surface area contributed by atoms with E-state index in [0.29, 0.717) is 0 Å². The van der Waals surface area contributed by atoms with Crippen LogP contribution in [-0.4, -0.2) is 25.9 Å². The van der Waals surface area contributed by atoms with Gasteiger partial charge in [0.1, 0.15) is 0 Å². The van der Waals surface area contributed by atoms with E-state index in [0.717, 1.165) is 18.8 Å². The molecule has 1 rings (SSSR count). The van der Waals surface area contributed by atoms with Gasteiger partial charge in [-0.1, -0.05) is 38.0 Å². The van der Waals surface area contributed by atoms with E-state index in [-0.39, 0.29) is 0 Å². The van der Waals surface area contributed by atoms with E-state index >= 15 is 0 Å². The Balaban J connectivity index is 2.41. The van der Waals surface area contributed by atoms with Crippen molar-refractivity contribution in [1.82, 2.24) is 0 Å². The second-order valence-electron chi connectivity index (χ2n) is 3.30. The topological polar surface area (TPSA) is 9.23 Å². The number of para-hydroxylation sites is 1.